The molecular formula is C21H28IN5OS. The largest absolute Gasteiger partial charge is 0.361 e. The van der Waals surface area contributed by atoms with Gasteiger partial charge in [-0.2, -0.15) is 0 Å². The third-order valence-electron chi connectivity index (χ3n) is 4.34. The zero-order valence-corrected chi connectivity index (χ0v) is 19.7. The third-order valence-corrected chi connectivity index (χ3v) is 5.21. The van der Waals surface area contributed by atoms with Crippen LogP contribution >= 0.6 is 35.3 Å². The van der Waals surface area contributed by atoms with Gasteiger partial charge in [0, 0.05) is 43.3 Å². The van der Waals surface area contributed by atoms with Gasteiger partial charge in [-0.3, -0.25) is 9.79 Å². The van der Waals surface area contributed by atoms with Crippen molar-refractivity contribution in [3.63, 3.8) is 0 Å². The molecule has 6 nitrogen and oxygen atoms in total. The average molecular weight is 525 g/mol. The SMILES string of the molecule is CCNC(=NCCCNC(=O)c1cccs1)NCCc1c[nH]c2ccccc12.I. The van der Waals surface area contributed by atoms with Crippen molar-refractivity contribution in [1.29, 1.82) is 0 Å². The molecule has 3 aromatic rings. The molecule has 0 atom stereocenters. The molecule has 0 spiro atoms. The predicted octanol–water partition coefficient (Wildman–Crippen LogP) is 3.77. The number of hydrogen-bond acceptors (Lipinski definition) is 3. The van der Waals surface area contributed by atoms with Crippen LogP contribution in [0.4, 0.5) is 0 Å². The van der Waals surface area contributed by atoms with E-state index in [0.29, 0.717) is 13.1 Å². The van der Waals surface area contributed by atoms with Crippen molar-refractivity contribution < 1.29 is 4.79 Å². The molecule has 0 aliphatic rings. The van der Waals surface area contributed by atoms with Gasteiger partial charge in [-0.25, -0.2) is 0 Å². The second kappa shape index (κ2) is 12.5. The number of aliphatic imine (C=N–C) groups is 1. The van der Waals surface area contributed by atoms with Crippen LogP contribution in [0, 0.1) is 0 Å². The topological polar surface area (TPSA) is 81.3 Å². The Morgan fingerprint density at radius 1 is 1.10 bits per heavy atom. The van der Waals surface area contributed by atoms with Crippen molar-refractivity contribution in [2.24, 2.45) is 4.99 Å². The number of fused-ring (bicyclic) bond motifs is 1. The van der Waals surface area contributed by atoms with Gasteiger partial charge in [-0.05, 0) is 42.8 Å². The molecule has 156 valence electrons. The molecular weight excluding hydrogens is 497 g/mol. The fourth-order valence-electron chi connectivity index (χ4n) is 2.96. The zero-order valence-electron chi connectivity index (χ0n) is 16.5. The normalized spacial score (nSPS) is 11.1. The van der Waals surface area contributed by atoms with Gasteiger partial charge in [-0.15, -0.1) is 35.3 Å². The number of hydrogen-bond donors (Lipinski definition) is 4. The van der Waals surface area contributed by atoms with Crippen molar-refractivity contribution in [2.75, 3.05) is 26.2 Å². The quantitative estimate of drug-likeness (QED) is 0.149. The zero-order chi connectivity index (χ0) is 19.6. The standard InChI is InChI=1S/C21H27N5OS.HI/c1-2-22-21(24-12-6-11-23-20(27)19-9-5-14-28-19)25-13-10-16-15-26-18-8-4-3-7-17(16)18;/h3-5,7-9,14-15,26H,2,6,10-13H2,1H3,(H,23,27)(H2,22,24,25);1H. The number of H-pyrrole nitrogens is 1. The number of thiophene rings is 1. The lowest BCUT2D eigenvalue weighted by Gasteiger charge is -2.11. The van der Waals surface area contributed by atoms with E-state index in [2.05, 4.69) is 57.2 Å². The van der Waals surface area contributed by atoms with Crippen LogP contribution in [0.1, 0.15) is 28.6 Å². The van der Waals surface area contributed by atoms with Crippen molar-refractivity contribution in [1.82, 2.24) is 20.9 Å². The fraction of sp³-hybridized carbons (Fsp3) is 0.333. The number of para-hydroxylation sites is 1. The molecule has 1 aromatic carbocycles. The number of benzene rings is 1. The minimum Gasteiger partial charge on any atom is -0.361 e. The molecule has 0 fully saturated rings. The molecule has 0 unspecified atom stereocenters. The number of carbonyl (C=O) groups excluding carboxylic acids is 1. The summed E-state index contributed by atoms with van der Waals surface area (Å²) in [7, 11) is 0. The van der Waals surface area contributed by atoms with E-state index in [1.165, 1.54) is 27.8 Å². The summed E-state index contributed by atoms with van der Waals surface area (Å²) in [5, 5.41) is 12.8. The highest BCUT2D eigenvalue weighted by Gasteiger charge is 2.05. The van der Waals surface area contributed by atoms with Crippen molar-refractivity contribution >= 4 is 58.1 Å². The van der Waals surface area contributed by atoms with Crippen molar-refractivity contribution in [3.05, 3.63) is 58.4 Å². The first kappa shape index (κ1) is 23.2. The Hall–Kier alpha value is -2.07. The van der Waals surface area contributed by atoms with Crippen molar-refractivity contribution in [2.45, 2.75) is 19.8 Å². The van der Waals surface area contributed by atoms with Gasteiger partial charge in [0.15, 0.2) is 5.96 Å². The first-order valence-corrected chi connectivity index (χ1v) is 10.5. The Balaban J connectivity index is 0.00000300. The molecule has 0 bridgehead atoms. The number of guanidine groups is 1. The molecule has 0 saturated carbocycles. The van der Waals surface area contributed by atoms with Crippen LogP contribution in [-0.2, 0) is 6.42 Å². The second-order valence-electron chi connectivity index (χ2n) is 6.38. The van der Waals surface area contributed by atoms with Gasteiger partial charge in [0.1, 0.15) is 0 Å². The molecule has 3 rings (SSSR count). The molecule has 0 aliphatic carbocycles. The van der Waals surface area contributed by atoms with Gasteiger partial charge in [0.2, 0.25) is 0 Å². The van der Waals surface area contributed by atoms with Gasteiger partial charge in [0.05, 0.1) is 4.88 Å². The van der Waals surface area contributed by atoms with Crippen LogP contribution in [-0.4, -0.2) is 43.0 Å². The average Bonchev–Trinajstić information content (AvgIpc) is 3.38. The second-order valence-corrected chi connectivity index (χ2v) is 7.33. The monoisotopic (exact) mass is 525 g/mol. The summed E-state index contributed by atoms with van der Waals surface area (Å²) in [6.07, 6.45) is 3.80. The number of halogens is 1. The van der Waals surface area contributed by atoms with Crippen LogP contribution in [0.3, 0.4) is 0 Å². The van der Waals surface area contributed by atoms with E-state index in [-0.39, 0.29) is 29.9 Å². The van der Waals surface area contributed by atoms with E-state index in [4.69, 9.17) is 0 Å². The van der Waals surface area contributed by atoms with Crippen LogP contribution in [0.15, 0.2) is 53.0 Å². The molecule has 29 heavy (non-hydrogen) atoms. The number of amides is 1. The van der Waals surface area contributed by atoms with E-state index in [9.17, 15) is 4.79 Å². The lowest BCUT2D eigenvalue weighted by atomic mass is 10.1. The molecule has 1 amide bonds. The highest BCUT2D eigenvalue weighted by atomic mass is 127. The van der Waals surface area contributed by atoms with E-state index in [1.54, 1.807) is 0 Å². The number of rotatable bonds is 9. The maximum absolute atomic E-state index is 11.9. The van der Waals surface area contributed by atoms with Gasteiger partial charge < -0.3 is 20.9 Å². The maximum atomic E-state index is 11.9. The highest BCUT2D eigenvalue weighted by Crippen LogP contribution is 2.17. The summed E-state index contributed by atoms with van der Waals surface area (Å²) in [5.74, 6) is 0.801. The molecule has 0 saturated heterocycles. The van der Waals surface area contributed by atoms with E-state index < -0.39 is 0 Å². The molecule has 4 N–H and O–H groups in total. The summed E-state index contributed by atoms with van der Waals surface area (Å²) >= 11 is 1.45. The summed E-state index contributed by atoms with van der Waals surface area (Å²) in [6, 6.07) is 12.1. The Kier molecular flexibility index (Phi) is 9.99. The Morgan fingerprint density at radius 3 is 2.76 bits per heavy atom. The first-order valence-electron chi connectivity index (χ1n) is 9.67. The number of carbonyl (C=O) groups is 1. The lowest BCUT2D eigenvalue weighted by molar-refractivity contribution is 0.0957. The van der Waals surface area contributed by atoms with Crippen molar-refractivity contribution in [3.8, 4) is 0 Å². The number of nitrogens with one attached hydrogen (secondary N) is 4. The lowest BCUT2D eigenvalue weighted by Crippen LogP contribution is -2.38. The smallest absolute Gasteiger partial charge is 0.261 e. The highest BCUT2D eigenvalue weighted by molar-refractivity contribution is 14.0. The Bertz CT molecular complexity index is 907. The van der Waals surface area contributed by atoms with Crippen LogP contribution in [0.2, 0.25) is 0 Å². The summed E-state index contributed by atoms with van der Waals surface area (Å²) in [4.78, 5) is 20.5. The first-order chi connectivity index (χ1) is 13.8. The van der Waals surface area contributed by atoms with E-state index in [0.717, 1.165) is 36.8 Å². The summed E-state index contributed by atoms with van der Waals surface area (Å²) < 4.78 is 0. The number of aromatic nitrogens is 1. The molecule has 8 heteroatoms. The minimum absolute atomic E-state index is 0. The van der Waals surface area contributed by atoms with Gasteiger partial charge in [-0.1, -0.05) is 24.3 Å². The summed E-state index contributed by atoms with van der Waals surface area (Å²) in [5.41, 5.74) is 2.47. The third kappa shape index (κ3) is 7.04. The molecule has 2 heterocycles. The van der Waals surface area contributed by atoms with Gasteiger partial charge in [0.25, 0.3) is 5.91 Å². The Morgan fingerprint density at radius 2 is 1.97 bits per heavy atom. The molecule has 0 radical (unpaired) electrons. The van der Waals surface area contributed by atoms with Crippen LogP contribution < -0.4 is 16.0 Å². The number of aromatic amines is 1. The minimum atomic E-state index is -0.0114. The fourth-order valence-corrected chi connectivity index (χ4v) is 3.60. The molecule has 0 aliphatic heterocycles. The van der Waals surface area contributed by atoms with Gasteiger partial charge >= 0.3 is 0 Å². The van der Waals surface area contributed by atoms with Crippen LogP contribution in [0.5, 0.6) is 0 Å². The van der Waals surface area contributed by atoms with E-state index in [1.807, 2.05) is 23.6 Å². The van der Waals surface area contributed by atoms with Crippen LogP contribution in [0.25, 0.3) is 10.9 Å². The summed E-state index contributed by atoms with van der Waals surface area (Å²) in [6.45, 7) is 4.96. The Labute approximate surface area is 192 Å². The predicted molar refractivity (Wildman–Crippen MR) is 133 cm³/mol. The van der Waals surface area contributed by atoms with E-state index >= 15 is 0 Å². The number of nitrogens with zero attached hydrogens (tertiary/aromatic N) is 1. The maximum Gasteiger partial charge on any atom is 0.261 e. The molecule has 2 aromatic heterocycles.